The Morgan fingerprint density at radius 2 is 1.75 bits per heavy atom. The third-order valence-electron chi connectivity index (χ3n) is 5.86. The van der Waals surface area contributed by atoms with Gasteiger partial charge in [0.05, 0.1) is 30.4 Å². The SMILES string of the molecule is CN(C(=O)Oc1c(/C(C=NCCOC2CCSCC2)=C/N)cc(C(F)(F)F)cc1C(F)(F)F)c1ccc(F)cc1. The van der Waals surface area contributed by atoms with Gasteiger partial charge in [0.15, 0.2) is 5.75 Å². The minimum absolute atomic E-state index is 0.0566. The molecule has 218 valence electrons. The molecule has 1 heterocycles. The van der Waals surface area contributed by atoms with Crippen LogP contribution in [-0.4, -0.2) is 50.1 Å². The molecule has 2 aromatic rings. The molecular weight excluding hydrogens is 567 g/mol. The van der Waals surface area contributed by atoms with Crippen LogP contribution in [0.1, 0.15) is 29.5 Å². The van der Waals surface area contributed by atoms with Gasteiger partial charge in [-0.3, -0.25) is 9.89 Å². The van der Waals surface area contributed by atoms with Crippen LogP contribution in [0.15, 0.2) is 47.6 Å². The highest BCUT2D eigenvalue weighted by molar-refractivity contribution is 7.99. The zero-order valence-corrected chi connectivity index (χ0v) is 22.0. The summed E-state index contributed by atoms with van der Waals surface area (Å²) in [6.07, 6.45) is -8.32. The van der Waals surface area contributed by atoms with Crippen molar-refractivity contribution in [2.45, 2.75) is 31.3 Å². The molecule has 0 atom stereocenters. The van der Waals surface area contributed by atoms with Crippen molar-refractivity contribution in [3.8, 4) is 5.75 Å². The molecule has 1 aliphatic rings. The lowest BCUT2D eigenvalue weighted by Crippen LogP contribution is -2.30. The van der Waals surface area contributed by atoms with E-state index in [2.05, 4.69) is 4.99 Å². The molecule has 0 radical (unpaired) electrons. The summed E-state index contributed by atoms with van der Waals surface area (Å²) < 4.78 is 107. The Kier molecular flexibility index (Phi) is 10.5. The van der Waals surface area contributed by atoms with Gasteiger partial charge >= 0.3 is 18.4 Å². The number of halogens is 7. The molecule has 1 aliphatic heterocycles. The second kappa shape index (κ2) is 13.4. The van der Waals surface area contributed by atoms with E-state index >= 15 is 0 Å². The molecule has 2 aromatic carbocycles. The monoisotopic (exact) mass is 593 g/mol. The maximum Gasteiger partial charge on any atom is 0.420 e. The Balaban J connectivity index is 1.96. The zero-order valence-electron chi connectivity index (χ0n) is 21.2. The third-order valence-corrected chi connectivity index (χ3v) is 6.91. The number of rotatable bonds is 8. The van der Waals surface area contributed by atoms with E-state index in [1.54, 1.807) is 0 Å². The van der Waals surface area contributed by atoms with E-state index in [9.17, 15) is 35.5 Å². The van der Waals surface area contributed by atoms with Gasteiger partial charge in [0.2, 0.25) is 0 Å². The number of hydrogen-bond donors (Lipinski definition) is 1. The second-order valence-corrected chi connectivity index (χ2v) is 9.86. The van der Waals surface area contributed by atoms with Crippen LogP contribution in [0.25, 0.3) is 5.57 Å². The standard InChI is InChI=1S/C26H26F7N3O3S/c1-36(19-4-2-18(27)3-5-19)24(37)39-23-21(12-17(25(28,29)30)13-22(23)26(31,32)33)16(14-34)15-35-8-9-38-20-6-10-40-11-7-20/h2-5,12-15,20H,6-11,34H2,1H3/b16-14+,35-15?. The lowest BCUT2D eigenvalue weighted by Gasteiger charge is -2.22. The lowest BCUT2D eigenvalue weighted by atomic mass is 9.98. The molecule has 1 amide bonds. The van der Waals surface area contributed by atoms with Gasteiger partial charge in [0, 0.05) is 36.3 Å². The topological polar surface area (TPSA) is 77.2 Å². The van der Waals surface area contributed by atoms with Gasteiger partial charge in [-0.1, -0.05) is 0 Å². The summed E-state index contributed by atoms with van der Waals surface area (Å²) in [6, 6.07) is 4.60. The number of carbonyl (C=O) groups is 1. The Bertz CT molecular complexity index is 1230. The first-order chi connectivity index (χ1) is 18.8. The molecule has 40 heavy (non-hydrogen) atoms. The van der Waals surface area contributed by atoms with Crippen molar-refractivity contribution in [3.05, 3.63) is 65.1 Å². The van der Waals surface area contributed by atoms with Crippen molar-refractivity contribution >= 4 is 35.3 Å². The van der Waals surface area contributed by atoms with E-state index in [0.717, 1.165) is 60.8 Å². The normalized spacial score (nSPS) is 15.4. The van der Waals surface area contributed by atoms with Crippen LogP contribution in [0.3, 0.4) is 0 Å². The van der Waals surface area contributed by atoms with Gasteiger partial charge in [0.25, 0.3) is 0 Å². The van der Waals surface area contributed by atoms with Crippen LogP contribution in [0.5, 0.6) is 5.75 Å². The highest BCUT2D eigenvalue weighted by atomic mass is 32.2. The van der Waals surface area contributed by atoms with Gasteiger partial charge in [-0.2, -0.15) is 38.1 Å². The fourth-order valence-electron chi connectivity index (χ4n) is 3.73. The van der Waals surface area contributed by atoms with E-state index in [4.69, 9.17) is 15.2 Å². The maximum atomic E-state index is 14.0. The average molecular weight is 594 g/mol. The summed E-state index contributed by atoms with van der Waals surface area (Å²) in [5.41, 5.74) is 1.07. The van der Waals surface area contributed by atoms with Crippen LogP contribution in [-0.2, 0) is 17.1 Å². The van der Waals surface area contributed by atoms with Crippen molar-refractivity contribution in [1.82, 2.24) is 0 Å². The number of anilines is 1. The number of hydrogen-bond acceptors (Lipinski definition) is 6. The van der Waals surface area contributed by atoms with E-state index in [1.165, 1.54) is 12.1 Å². The Morgan fingerprint density at radius 1 is 1.10 bits per heavy atom. The van der Waals surface area contributed by atoms with Crippen molar-refractivity contribution in [3.63, 3.8) is 0 Å². The lowest BCUT2D eigenvalue weighted by molar-refractivity contribution is -0.143. The van der Waals surface area contributed by atoms with Crippen molar-refractivity contribution in [1.29, 1.82) is 0 Å². The molecule has 14 heteroatoms. The number of nitrogens with two attached hydrogens (primary N) is 1. The highest BCUT2D eigenvalue weighted by Gasteiger charge is 2.41. The molecule has 0 aliphatic carbocycles. The Hall–Kier alpha value is -3.26. The van der Waals surface area contributed by atoms with Crippen molar-refractivity contribution < 1.29 is 45.0 Å². The van der Waals surface area contributed by atoms with Gasteiger partial charge in [-0.15, -0.1) is 0 Å². The predicted octanol–water partition coefficient (Wildman–Crippen LogP) is 6.78. The number of thioether (sulfide) groups is 1. The maximum absolute atomic E-state index is 14.0. The smallest absolute Gasteiger partial charge is 0.409 e. The first-order valence-electron chi connectivity index (χ1n) is 12.0. The average Bonchev–Trinajstić information content (AvgIpc) is 2.90. The second-order valence-electron chi connectivity index (χ2n) is 8.64. The third kappa shape index (κ3) is 8.37. The molecule has 6 nitrogen and oxygen atoms in total. The summed E-state index contributed by atoms with van der Waals surface area (Å²) in [4.78, 5) is 17.6. The first-order valence-corrected chi connectivity index (χ1v) is 13.1. The molecule has 0 unspecified atom stereocenters. The number of nitrogens with zero attached hydrogens (tertiary/aromatic N) is 2. The van der Waals surface area contributed by atoms with Crippen LogP contribution in [0.4, 0.5) is 41.2 Å². The summed E-state index contributed by atoms with van der Waals surface area (Å²) in [5.74, 6) is 0.0971. The molecule has 1 saturated heterocycles. The highest BCUT2D eigenvalue weighted by Crippen LogP contribution is 2.44. The molecule has 0 saturated carbocycles. The minimum atomic E-state index is -5.34. The van der Waals surface area contributed by atoms with Gasteiger partial charge in [-0.25, -0.2) is 9.18 Å². The number of allylic oxidation sites excluding steroid dienone is 1. The van der Waals surface area contributed by atoms with Crippen LogP contribution < -0.4 is 15.4 Å². The van der Waals surface area contributed by atoms with Crippen LogP contribution in [0.2, 0.25) is 0 Å². The van der Waals surface area contributed by atoms with Crippen LogP contribution in [0, 0.1) is 5.82 Å². The first kappa shape index (κ1) is 31.3. The Morgan fingerprint density at radius 3 is 2.33 bits per heavy atom. The summed E-state index contributed by atoms with van der Waals surface area (Å²) in [6.45, 7) is 0.249. The quantitative estimate of drug-likeness (QED) is 0.208. The Labute approximate surface area is 230 Å². The minimum Gasteiger partial charge on any atom is -0.409 e. The van der Waals surface area contributed by atoms with E-state index < -0.39 is 46.7 Å². The van der Waals surface area contributed by atoms with E-state index in [-0.39, 0.29) is 36.6 Å². The molecule has 3 rings (SSSR count). The molecule has 1 fully saturated rings. The molecule has 0 aromatic heterocycles. The number of amides is 1. The largest absolute Gasteiger partial charge is 0.420 e. The van der Waals surface area contributed by atoms with Crippen molar-refractivity contribution in [2.75, 3.05) is 36.6 Å². The van der Waals surface area contributed by atoms with Crippen molar-refractivity contribution in [2.24, 2.45) is 10.7 Å². The fourth-order valence-corrected chi connectivity index (χ4v) is 4.80. The molecule has 2 N–H and O–H groups in total. The number of benzene rings is 2. The van der Waals surface area contributed by atoms with Gasteiger partial charge in [-0.05, 0) is 60.7 Å². The number of alkyl halides is 6. The van der Waals surface area contributed by atoms with Gasteiger partial charge in [0.1, 0.15) is 5.82 Å². The fraction of sp³-hybridized carbons (Fsp3) is 0.385. The summed E-state index contributed by atoms with van der Waals surface area (Å²) in [7, 11) is 1.14. The molecule has 0 bridgehead atoms. The zero-order chi connectivity index (χ0) is 29.5. The summed E-state index contributed by atoms with van der Waals surface area (Å²) >= 11 is 1.81. The predicted molar refractivity (Wildman–Crippen MR) is 139 cm³/mol. The summed E-state index contributed by atoms with van der Waals surface area (Å²) in [5, 5.41) is 0. The number of aliphatic imine (C=N–C) groups is 1. The molecular formula is C26H26F7N3O3S. The molecule has 0 spiro atoms. The van der Waals surface area contributed by atoms with E-state index in [0.29, 0.717) is 6.07 Å². The number of ether oxygens (including phenoxy) is 2. The van der Waals surface area contributed by atoms with E-state index in [1.807, 2.05) is 11.8 Å². The number of carbonyl (C=O) groups excluding carboxylic acids is 1. The van der Waals surface area contributed by atoms with Crippen LogP contribution >= 0.6 is 11.8 Å². The van der Waals surface area contributed by atoms with Gasteiger partial charge < -0.3 is 15.2 Å².